The van der Waals surface area contributed by atoms with Gasteiger partial charge in [0, 0.05) is 37.0 Å². The molecule has 6 heteroatoms. The fraction of sp³-hybridized carbons (Fsp3) is 0.500. The van der Waals surface area contributed by atoms with Crippen LogP contribution >= 0.6 is 0 Å². The molecule has 0 aliphatic heterocycles. The standard InChI is InChI=1S/C22H31N3O3/c1-21(2,3)15-10-13(11-16(18(15)26)22(4,5)6)17-14(19(27)28-9)12-23-20(24-17)25(7)8/h10-12,26H,1-9H3. The number of methoxy groups -OCH3 is 1. The summed E-state index contributed by atoms with van der Waals surface area (Å²) < 4.78 is 4.94. The summed E-state index contributed by atoms with van der Waals surface area (Å²) >= 11 is 0. The molecule has 152 valence electrons. The van der Waals surface area contributed by atoms with Crippen molar-refractivity contribution in [2.24, 2.45) is 0 Å². The van der Waals surface area contributed by atoms with Gasteiger partial charge in [-0.1, -0.05) is 41.5 Å². The summed E-state index contributed by atoms with van der Waals surface area (Å²) in [6.07, 6.45) is 1.49. The number of phenolic OH excluding ortho intramolecular Hbond substituents is 1. The van der Waals surface area contributed by atoms with Crippen LogP contribution in [0.15, 0.2) is 18.3 Å². The zero-order valence-electron chi connectivity index (χ0n) is 18.3. The third-order valence-corrected chi connectivity index (χ3v) is 4.58. The van der Waals surface area contributed by atoms with Crippen molar-refractivity contribution in [3.8, 4) is 17.0 Å². The Hall–Kier alpha value is -2.63. The SMILES string of the molecule is COC(=O)c1cnc(N(C)C)nc1-c1cc(C(C)(C)C)c(O)c(C(C)(C)C)c1. The summed E-state index contributed by atoms with van der Waals surface area (Å²) in [6, 6.07) is 3.80. The first-order valence-electron chi connectivity index (χ1n) is 9.28. The number of ether oxygens (including phenoxy) is 1. The van der Waals surface area contributed by atoms with E-state index in [0.717, 1.165) is 16.7 Å². The van der Waals surface area contributed by atoms with Crippen molar-refractivity contribution in [3.05, 3.63) is 35.0 Å². The summed E-state index contributed by atoms with van der Waals surface area (Å²) in [7, 11) is 5.02. The molecule has 0 radical (unpaired) electrons. The molecule has 6 nitrogen and oxygen atoms in total. The molecular formula is C22H31N3O3. The van der Waals surface area contributed by atoms with Gasteiger partial charge in [0.05, 0.1) is 12.8 Å². The fourth-order valence-corrected chi connectivity index (χ4v) is 2.98. The van der Waals surface area contributed by atoms with Gasteiger partial charge in [-0.15, -0.1) is 0 Å². The number of phenols is 1. The van der Waals surface area contributed by atoms with Crippen LogP contribution in [0.1, 0.15) is 63.0 Å². The van der Waals surface area contributed by atoms with Crippen molar-refractivity contribution in [2.45, 2.75) is 52.4 Å². The van der Waals surface area contributed by atoms with Crippen molar-refractivity contribution < 1.29 is 14.6 Å². The van der Waals surface area contributed by atoms with E-state index in [1.165, 1.54) is 13.3 Å². The van der Waals surface area contributed by atoms with Gasteiger partial charge in [0.2, 0.25) is 5.95 Å². The van der Waals surface area contributed by atoms with Crippen LogP contribution in [0.5, 0.6) is 5.75 Å². The number of carbonyl (C=O) groups is 1. The van der Waals surface area contributed by atoms with Crippen LogP contribution in [0.4, 0.5) is 5.95 Å². The second-order valence-electron chi connectivity index (χ2n) is 9.24. The lowest BCUT2D eigenvalue weighted by Gasteiger charge is -2.28. The number of aromatic nitrogens is 2. The highest BCUT2D eigenvalue weighted by atomic mass is 16.5. The van der Waals surface area contributed by atoms with Gasteiger partial charge in [0.15, 0.2) is 0 Å². The first-order chi connectivity index (χ1) is 12.8. The molecule has 1 heterocycles. The molecule has 0 saturated heterocycles. The van der Waals surface area contributed by atoms with E-state index < -0.39 is 5.97 Å². The zero-order chi connectivity index (χ0) is 21.4. The van der Waals surface area contributed by atoms with E-state index in [2.05, 4.69) is 9.97 Å². The van der Waals surface area contributed by atoms with Crippen molar-refractivity contribution in [3.63, 3.8) is 0 Å². The number of aromatic hydroxyl groups is 1. The molecule has 0 spiro atoms. The summed E-state index contributed by atoms with van der Waals surface area (Å²) in [5.74, 6) is 0.276. The minimum absolute atomic E-state index is 0.283. The molecule has 0 amide bonds. The lowest BCUT2D eigenvalue weighted by molar-refractivity contribution is 0.0600. The summed E-state index contributed by atoms with van der Waals surface area (Å²) in [4.78, 5) is 23.0. The number of hydrogen-bond donors (Lipinski definition) is 1. The number of esters is 1. The fourth-order valence-electron chi connectivity index (χ4n) is 2.98. The third-order valence-electron chi connectivity index (χ3n) is 4.58. The quantitative estimate of drug-likeness (QED) is 0.794. The number of benzene rings is 1. The Kier molecular flexibility index (Phi) is 5.74. The van der Waals surface area contributed by atoms with Gasteiger partial charge < -0.3 is 14.7 Å². The van der Waals surface area contributed by atoms with Crippen molar-refractivity contribution in [2.75, 3.05) is 26.1 Å². The Bertz CT molecular complexity index is 856. The highest BCUT2D eigenvalue weighted by Crippen LogP contribution is 2.42. The van der Waals surface area contributed by atoms with Gasteiger partial charge in [0.25, 0.3) is 0 Å². The van der Waals surface area contributed by atoms with Gasteiger partial charge in [-0.2, -0.15) is 0 Å². The van der Waals surface area contributed by atoms with Crippen LogP contribution in [-0.4, -0.2) is 42.2 Å². The van der Waals surface area contributed by atoms with E-state index in [9.17, 15) is 9.90 Å². The molecule has 0 unspecified atom stereocenters. The largest absolute Gasteiger partial charge is 0.507 e. The lowest BCUT2D eigenvalue weighted by atomic mass is 9.78. The predicted octanol–water partition coefficient (Wildman–Crippen LogP) is 4.30. The first-order valence-corrected chi connectivity index (χ1v) is 9.28. The van der Waals surface area contributed by atoms with Crippen LogP contribution < -0.4 is 4.90 Å². The topological polar surface area (TPSA) is 75.5 Å². The number of nitrogens with zero attached hydrogens (tertiary/aromatic N) is 3. The molecular weight excluding hydrogens is 354 g/mol. The molecule has 2 aromatic rings. The Balaban J connectivity index is 2.90. The molecule has 0 fully saturated rings. The number of hydrogen-bond acceptors (Lipinski definition) is 6. The summed E-state index contributed by atoms with van der Waals surface area (Å²) in [5.41, 5.74) is 2.55. The first kappa shape index (κ1) is 21.7. The summed E-state index contributed by atoms with van der Waals surface area (Å²) in [6.45, 7) is 12.3. The van der Waals surface area contributed by atoms with Gasteiger partial charge in [-0.25, -0.2) is 14.8 Å². The maximum Gasteiger partial charge on any atom is 0.341 e. The second-order valence-corrected chi connectivity index (χ2v) is 9.24. The van der Waals surface area contributed by atoms with Crippen LogP contribution in [-0.2, 0) is 15.6 Å². The third kappa shape index (κ3) is 4.26. The highest BCUT2D eigenvalue weighted by molar-refractivity contribution is 5.96. The predicted molar refractivity (Wildman–Crippen MR) is 112 cm³/mol. The van der Waals surface area contributed by atoms with E-state index in [0.29, 0.717) is 17.2 Å². The van der Waals surface area contributed by atoms with Gasteiger partial charge in [-0.05, 0) is 23.0 Å². The highest BCUT2D eigenvalue weighted by Gasteiger charge is 2.28. The maximum absolute atomic E-state index is 12.4. The molecule has 0 atom stereocenters. The molecule has 0 aliphatic carbocycles. The Morgan fingerprint density at radius 3 is 1.93 bits per heavy atom. The van der Waals surface area contributed by atoms with E-state index in [-0.39, 0.29) is 16.6 Å². The van der Waals surface area contributed by atoms with Gasteiger partial charge in [-0.3, -0.25) is 0 Å². The van der Waals surface area contributed by atoms with Crippen molar-refractivity contribution >= 4 is 11.9 Å². The second kappa shape index (κ2) is 7.41. The molecule has 28 heavy (non-hydrogen) atoms. The number of carbonyl (C=O) groups excluding carboxylic acids is 1. The minimum Gasteiger partial charge on any atom is -0.507 e. The smallest absolute Gasteiger partial charge is 0.341 e. The monoisotopic (exact) mass is 385 g/mol. The van der Waals surface area contributed by atoms with E-state index in [1.54, 1.807) is 4.90 Å². The number of rotatable bonds is 3. The molecule has 1 aromatic carbocycles. The molecule has 1 N–H and O–H groups in total. The van der Waals surface area contributed by atoms with E-state index >= 15 is 0 Å². The van der Waals surface area contributed by atoms with E-state index in [4.69, 9.17) is 4.74 Å². The molecule has 0 aliphatic rings. The van der Waals surface area contributed by atoms with Crippen LogP contribution in [0.25, 0.3) is 11.3 Å². The van der Waals surface area contributed by atoms with Crippen molar-refractivity contribution in [1.29, 1.82) is 0 Å². The molecule has 2 rings (SSSR count). The molecule has 0 bridgehead atoms. The Morgan fingerprint density at radius 2 is 1.54 bits per heavy atom. The zero-order valence-corrected chi connectivity index (χ0v) is 18.3. The molecule has 0 saturated carbocycles. The van der Waals surface area contributed by atoms with Gasteiger partial charge in [0.1, 0.15) is 11.3 Å². The normalized spacial score (nSPS) is 12.0. The van der Waals surface area contributed by atoms with Crippen molar-refractivity contribution in [1.82, 2.24) is 9.97 Å². The van der Waals surface area contributed by atoms with E-state index in [1.807, 2.05) is 67.8 Å². The maximum atomic E-state index is 12.4. The van der Waals surface area contributed by atoms with Gasteiger partial charge >= 0.3 is 5.97 Å². The Labute approximate surface area is 167 Å². The average Bonchev–Trinajstić information content (AvgIpc) is 2.58. The van der Waals surface area contributed by atoms with Crippen LogP contribution in [0, 0.1) is 0 Å². The summed E-state index contributed by atoms with van der Waals surface area (Å²) in [5, 5.41) is 11.0. The average molecular weight is 386 g/mol. The van der Waals surface area contributed by atoms with Crippen LogP contribution in [0.3, 0.4) is 0 Å². The Morgan fingerprint density at radius 1 is 1.04 bits per heavy atom. The van der Waals surface area contributed by atoms with Crippen LogP contribution in [0.2, 0.25) is 0 Å². The lowest BCUT2D eigenvalue weighted by Crippen LogP contribution is -2.18. The molecule has 1 aromatic heterocycles. The minimum atomic E-state index is -0.497. The number of anilines is 1.